The van der Waals surface area contributed by atoms with E-state index in [0.717, 1.165) is 31.5 Å². The van der Waals surface area contributed by atoms with Crippen LogP contribution in [0.2, 0.25) is 0 Å². The Balaban J connectivity index is 1.50. The van der Waals surface area contributed by atoms with E-state index < -0.39 is 17.8 Å². The summed E-state index contributed by atoms with van der Waals surface area (Å²) in [6.07, 6.45) is -0.546. The van der Waals surface area contributed by atoms with Crippen molar-refractivity contribution in [2.24, 2.45) is 5.92 Å². The Morgan fingerprint density at radius 2 is 1.95 bits per heavy atom. The molecule has 0 radical (unpaired) electrons. The highest BCUT2D eigenvalue weighted by molar-refractivity contribution is 5.95. The summed E-state index contributed by atoms with van der Waals surface area (Å²) in [7, 11) is 0. The quantitative estimate of drug-likeness (QED) is 0.893. The van der Waals surface area contributed by atoms with E-state index in [9.17, 15) is 22.8 Å². The van der Waals surface area contributed by atoms with Crippen LogP contribution in [0.5, 0.6) is 0 Å². The second-order valence-corrected chi connectivity index (χ2v) is 5.84. The topological polar surface area (TPSA) is 65.2 Å². The van der Waals surface area contributed by atoms with Gasteiger partial charge >= 0.3 is 6.18 Å². The van der Waals surface area contributed by atoms with Gasteiger partial charge in [0.25, 0.3) is 5.91 Å². The maximum absolute atomic E-state index is 12.5. The van der Waals surface area contributed by atoms with Gasteiger partial charge in [0.2, 0.25) is 5.91 Å². The third kappa shape index (κ3) is 2.82. The number of amides is 2. The first kappa shape index (κ1) is 14.9. The monoisotopic (exact) mass is 315 g/mol. The zero-order valence-electron chi connectivity index (χ0n) is 11.7. The molecule has 5 nitrogen and oxygen atoms in total. The Bertz CT molecular complexity index is 586. The molecular formula is C14H16F3N3O2. The molecule has 2 fully saturated rings. The second kappa shape index (κ2) is 5.33. The minimum Gasteiger partial charge on any atom is -0.357 e. The number of hydrogen-bond donors (Lipinski definition) is 2. The van der Waals surface area contributed by atoms with E-state index in [1.165, 1.54) is 4.90 Å². The van der Waals surface area contributed by atoms with Crippen LogP contribution in [0.3, 0.4) is 0 Å². The molecule has 120 valence electrons. The van der Waals surface area contributed by atoms with Gasteiger partial charge in [0.15, 0.2) is 0 Å². The van der Waals surface area contributed by atoms with Crippen molar-refractivity contribution in [3.05, 3.63) is 23.5 Å². The Hall–Kier alpha value is -1.99. The first-order valence-electron chi connectivity index (χ1n) is 7.20. The maximum atomic E-state index is 12.5. The van der Waals surface area contributed by atoms with Gasteiger partial charge in [0.05, 0.1) is 11.6 Å². The van der Waals surface area contributed by atoms with Crippen molar-refractivity contribution >= 4 is 11.8 Å². The van der Waals surface area contributed by atoms with Gasteiger partial charge in [-0.3, -0.25) is 9.59 Å². The van der Waals surface area contributed by atoms with Crippen molar-refractivity contribution in [3.8, 4) is 0 Å². The number of likely N-dealkylation sites (tertiary alicyclic amines) is 1. The molecule has 1 aliphatic heterocycles. The first-order valence-corrected chi connectivity index (χ1v) is 7.20. The van der Waals surface area contributed by atoms with Crippen LogP contribution in [0.25, 0.3) is 0 Å². The molecule has 2 N–H and O–H groups in total. The lowest BCUT2D eigenvalue weighted by Gasteiger charge is -2.40. The highest BCUT2D eigenvalue weighted by atomic mass is 19.4. The summed E-state index contributed by atoms with van der Waals surface area (Å²) in [5.74, 6) is -0.353. The van der Waals surface area contributed by atoms with Crippen molar-refractivity contribution in [1.82, 2.24) is 15.2 Å². The van der Waals surface area contributed by atoms with Crippen LogP contribution in [0.4, 0.5) is 13.2 Å². The lowest BCUT2D eigenvalue weighted by molar-refractivity contribution is -0.140. The molecule has 2 aliphatic rings. The van der Waals surface area contributed by atoms with Gasteiger partial charge in [-0.1, -0.05) is 6.42 Å². The van der Waals surface area contributed by atoms with E-state index in [1.54, 1.807) is 0 Å². The summed E-state index contributed by atoms with van der Waals surface area (Å²) < 4.78 is 37.4. The number of rotatable bonds is 3. The number of halogens is 3. The number of nitrogens with zero attached hydrogens (tertiary/aromatic N) is 1. The average molecular weight is 315 g/mol. The molecule has 8 heteroatoms. The maximum Gasteiger partial charge on any atom is 0.431 e. The third-order valence-electron chi connectivity index (χ3n) is 4.23. The lowest BCUT2D eigenvalue weighted by Crippen LogP contribution is -2.61. The minimum atomic E-state index is -4.49. The van der Waals surface area contributed by atoms with Gasteiger partial charge in [0.1, 0.15) is 5.69 Å². The Kier molecular flexibility index (Phi) is 3.62. The van der Waals surface area contributed by atoms with Crippen molar-refractivity contribution < 1.29 is 22.8 Å². The van der Waals surface area contributed by atoms with Gasteiger partial charge in [-0.05, 0) is 18.9 Å². The van der Waals surface area contributed by atoms with E-state index in [1.807, 2.05) is 0 Å². The smallest absolute Gasteiger partial charge is 0.357 e. The molecule has 1 saturated heterocycles. The second-order valence-electron chi connectivity index (χ2n) is 5.84. The normalized spacial score (nSPS) is 19.5. The lowest BCUT2D eigenvalue weighted by atomic mass is 9.84. The number of hydrogen-bond acceptors (Lipinski definition) is 2. The highest BCUT2D eigenvalue weighted by Gasteiger charge is 2.37. The third-order valence-corrected chi connectivity index (χ3v) is 4.23. The van der Waals surface area contributed by atoms with Crippen molar-refractivity contribution in [1.29, 1.82) is 0 Å². The van der Waals surface area contributed by atoms with Gasteiger partial charge in [-0.25, -0.2) is 0 Å². The minimum absolute atomic E-state index is 0.0175. The van der Waals surface area contributed by atoms with Gasteiger partial charge in [0, 0.05) is 25.2 Å². The Labute approximate surface area is 124 Å². The predicted octanol–water partition coefficient (Wildman–Crippen LogP) is 1.77. The van der Waals surface area contributed by atoms with Crippen LogP contribution >= 0.6 is 0 Å². The Morgan fingerprint density at radius 1 is 1.27 bits per heavy atom. The molecule has 1 aromatic heterocycles. The van der Waals surface area contributed by atoms with E-state index in [2.05, 4.69) is 10.3 Å². The number of carbonyl (C=O) groups is 2. The first-order chi connectivity index (χ1) is 10.3. The summed E-state index contributed by atoms with van der Waals surface area (Å²) in [5.41, 5.74) is -0.956. The fraction of sp³-hybridized carbons (Fsp3) is 0.571. The summed E-state index contributed by atoms with van der Waals surface area (Å²) in [4.78, 5) is 27.3. The largest absolute Gasteiger partial charge is 0.431 e. The zero-order chi connectivity index (χ0) is 15.9. The molecule has 2 heterocycles. The summed E-state index contributed by atoms with van der Waals surface area (Å²) in [6, 6.07) is 0.709. The number of aromatic amines is 1. The van der Waals surface area contributed by atoms with Gasteiger partial charge in [-0.15, -0.1) is 0 Å². The standard InChI is InChI=1S/C14H16F3N3O2/c15-14(16,17)11-4-9(5-18-11)13(22)20-6-10(7-20)19-12(21)8-2-1-3-8/h4-5,8,10,18H,1-3,6-7H2,(H,19,21). The molecule has 0 bridgehead atoms. The summed E-state index contributed by atoms with van der Waals surface area (Å²) in [5, 5.41) is 2.86. The van der Waals surface area contributed by atoms with E-state index in [0.29, 0.717) is 13.1 Å². The van der Waals surface area contributed by atoms with Crippen molar-refractivity contribution in [3.63, 3.8) is 0 Å². The van der Waals surface area contributed by atoms with Crippen LogP contribution in [-0.4, -0.2) is 40.8 Å². The van der Waals surface area contributed by atoms with Crippen molar-refractivity contribution in [2.75, 3.05) is 13.1 Å². The molecule has 0 spiro atoms. The molecule has 1 aliphatic carbocycles. The number of carbonyl (C=O) groups excluding carboxylic acids is 2. The molecule has 0 unspecified atom stereocenters. The number of alkyl halides is 3. The van der Waals surface area contributed by atoms with E-state index in [4.69, 9.17) is 0 Å². The number of nitrogens with one attached hydrogen (secondary N) is 2. The van der Waals surface area contributed by atoms with Crippen LogP contribution in [0.15, 0.2) is 12.3 Å². The molecule has 22 heavy (non-hydrogen) atoms. The van der Waals surface area contributed by atoms with Crippen LogP contribution in [0.1, 0.15) is 35.3 Å². The molecule has 3 rings (SSSR count). The fourth-order valence-corrected chi connectivity index (χ4v) is 2.59. The van der Waals surface area contributed by atoms with Crippen LogP contribution in [-0.2, 0) is 11.0 Å². The average Bonchev–Trinajstić information content (AvgIpc) is 2.79. The number of H-pyrrole nitrogens is 1. The molecule has 2 amide bonds. The fourth-order valence-electron chi connectivity index (χ4n) is 2.59. The van der Waals surface area contributed by atoms with E-state index in [-0.39, 0.29) is 23.4 Å². The molecule has 1 saturated carbocycles. The van der Waals surface area contributed by atoms with Crippen LogP contribution < -0.4 is 5.32 Å². The molecule has 0 atom stereocenters. The van der Waals surface area contributed by atoms with E-state index >= 15 is 0 Å². The Morgan fingerprint density at radius 3 is 2.45 bits per heavy atom. The van der Waals surface area contributed by atoms with Gasteiger partial charge in [-0.2, -0.15) is 13.2 Å². The molecular weight excluding hydrogens is 299 g/mol. The van der Waals surface area contributed by atoms with Crippen molar-refractivity contribution in [2.45, 2.75) is 31.5 Å². The summed E-state index contributed by atoms with van der Waals surface area (Å²) in [6.45, 7) is 0.674. The highest BCUT2D eigenvalue weighted by Crippen LogP contribution is 2.29. The molecule has 1 aromatic rings. The summed E-state index contributed by atoms with van der Waals surface area (Å²) >= 11 is 0. The van der Waals surface area contributed by atoms with Gasteiger partial charge < -0.3 is 15.2 Å². The predicted molar refractivity (Wildman–Crippen MR) is 71.0 cm³/mol. The zero-order valence-corrected chi connectivity index (χ0v) is 11.7. The SMILES string of the molecule is O=C(NC1CN(C(=O)c2c[nH]c(C(F)(F)F)c2)C1)C1CCC1. The number of aromatic nitrogens is 1. The molecule has 0 aromatic carbocycles. The van der Waals surface area contributed by atoms with Crippen LogP contribution in [0, 0.1) is 5.92 Å².